The topological polar surface area (TPSA) is 38.5 Å². The van der Waals surface area contributed by atoms with Gasteiger partial charge in [0, 0.05) is 6.54 Å². The van der Waals surface area contributed by atoms with Crippen molar-refractivity contribution in [3.63, 3.8) is 0 Å². The Morgan fingerprint density at radius 1 is 1.33 bits per heavy atom. The van der Waals surface area contributed by atoms with E-state index in [9.17, 15) is 13.2 Å². The van der Waals surface area contributed by atoms with Crippen LogP contribution in [0.2, 0.25) is 0 Å². The Bertz CT molecular complexity index is 393. The summed E-state index contributed by atoms with van der Waals surface area (Å²) in [7, 11) is 1.43. The van der Waals surface area contributed by atoms with Gasteiger partial charge < -0.3 is 15.4 Å². The van der Waals surface area contributed by atoms with Crippen molar-refractivity contribution in [2.75, 3.05) is 30.8 Å². The van der Waals surface area contributed by atoms with Crippen molar-refractivity contribution < 1.29 is 17.9 Å². The molecule has 0 aliphatic rings. The van der Waals surface area contributed by atoms with Gasteiger partial charge in [0.15, 0.2) is 0 Å². The molecule has 0 aromatic heterocycles. The average molecular weight is 262 g/mol. The largest absolute Gasteiger partial charge is 0.495 e. The minimum Gasteiger partial charge on any atom is -0.495 e. The molecule has 0 heterocycles. The van der Waals surface area contributed by atoms with Crippen molar-refractivity contribution in [2.45, 2.75) is 19.5 Å². The second-order valence-corrected chi connectivity index (χ2v) is 3.93. The molecule has 0 aliphatic heterocycles. The van der Waals surface area contributed by atoms with Crippen molar-refractivity contribution in [3.05, 3.63) is 18.2 Å². The summed E-state index contributed by atoms with van der Waals surface area (Å²) in [6.45, 7) is 1.09. The number of nitrogen functional groups attached to an aromatic ring is 1. The lowest BCUT2D eigenvalue weighted by molar-refractivity contribution is -0.119. The Balaban J connectivity index is 3.05. The van der Waals surface area contributed by atoms with Gasteiger partial charge in [-0.25, -0.2) is 0 Å². The van der Waals surface area contributed by atoms with Crippen molar-refractivity contribution in [1.29, 1.82) is 0 Å². The standard InChI is InChI=1S/C12H17F3N2O/c1-3-7-17(8-12(13,14)15)9-5-4-6-10(18-2)11(9)16/h4-6H,3,7-8,16H2,1-2H3. The normalized spacial score (nSPS) is 11.4. The Kier molecular flexibility index (Phi) is 4.69. The fourth-order valence-corrected chi connectivity index (χ4v) is 1.76. The molecule has 6 heteroatoms. The molecule has 3 nitrogen and oxygen atoms in total. The number of nitrogens with zero attached hydrogens (tertiary/aromatic N) is 1. The van der Waals surface area contributed by atoms with Crippen molar-refractivity contribution in [2.24, 2.45) is 0 Å². The zero-order valence-electron chi connectivity index (χ0n) is 10.4. The number of alkyl halides is 3. The molecule has 102 valence electrons. The summed E-state index contributed by atoms with van der Waals surface area (Å²) in [6.07, 6.45) is -3.66. The third-order valence-corrected chi connectivity index (χ3v) is 2.47. The number of anilines is 2. The third-order valence-electron chi connectivity index (χ3n) is 2.47. The maximum Gasteiger partial charge on any atom is 0.405 e. The molecule has 0 aliphatic carbocycles. The molecule has 1 aromatic carbocycles. The van der Waals surface area contributed by atoms with Gasteiger partial charge in [-0.1, -0.05) is 13.0 Å². The molecule has 0 fully saturated rings. The molecule has 18 heavy (non-hydrogen) atoms. The van der Waals surface area contributed by atoms with Crippen LogP contribution >= 0.6 is 0 Å². The summed E-state index contributed by atoms with van der Waals surface area (Å²) < 4.78 is 42.6. The number of ether oxygens (including phenoxy) is 1. The third kappa shape index (κ3) is 3.72. The monoisotopic (exact) mass is 262 g/mol. The lowest BCUT2D eigenvalue weighted by atomic mass is 10.2. The molecular formula is C12H17F3N2O. The number of benzene rings is 1. The van der Waals surface area contributed by atoms with Gasteiger partial charge in [0.2, 0.25) is 0 Å². The number of hydrogen-bond donors (Lipinski definition) is 1. The van der Waals surface area contributed by atoms with Crippen LogP contribution in [0.3, 0.4) is 0 Å². The maximum absolute atomic E-state index is 12.5. The lowest BCUT2D eigenvalue weighted by Gasteiger charge is -2.27. The zero-order valence-corrected chi connectivity index (χ0v) is 10.4. The maximum atomic E-state index is 12.5. The molecule has 0 spiro atoms. The van der Waals surface area contributed by atoms with E-state index in [1.807, 2.05) is 6.92 Å². The molecule has 2 N–H and O–H groups in total. The zero-order chi connectivity index (χ0) is 13.8. The second kappa shape index (κ2) is 5.84. The first-order valence-corrected chi connectivity index (χ1v) is 5.63. The number of rotatable bonds is 5. The van der Waals surface area contributed by atoms with Gasteiger partial charge in [-0.2, -0.15) is 13.2 Å². The molecule has 0 bridgehead atoms. The number of halogens is 3. The Labute approximate surface area is 104 Å². The van der Waals surface area contributed by atoms with Crippen molar-refractivity contribution in [1.82, 2.24) is 0 Å². The summed E-state index contributed by atoms with van der Waals surface area (Å²) in [4.78, 5) is 1.22. The molecule has 0 atom stereocenters. The molecule has 0 saturated heterocycles. The number of nitrogens with two attached hydrogens (primary N) is 1. The molecule has 0 radical (unpaired) electrons. The van der Waals surface area contributed by atoms with Crippen LogP contribution in [-0.2, 0) is 0 Å². The van der Waals surface area contributed by atoms with E-state index in [1.54, 1.807) is 18.2 Å². The summed E-state index contributed by atoms with van der Waals surface area (Å²) in [5, 5.41) is 0. The van der Waals surface area contributed by atoms with E-state index in [-0.39, 0.29) is 12.2 Å². The SMILES string of the molecule is CCCN(CC(F)(F)F)c1cccc(OC)c1N. The van der Waals surface area contributed by atoms with E-state index in [1.165, 1.54) is 12.0 Å². The molecule has 0 saturated carbocycles. The fraction of sp³-hybridized carbons (Fsp3) is 0.500. The lowest BCUT2D eigenvalue weighted by Crippen LogP contribution is -2.35. The van der Waals surface area contributed by atoms with Crippen LogP contribution < -0.4 is 15.4 Å². The number of hydrogen-bond acceptors (Lipinski definition) is 3. The van der Waals surface area contributed by atoms with Crippen LogP contribution in [0.5, 0.6) is 5.75 Å². The predicted octanol–water partition coefficient (Wildman–Crippen LogP) is 3.06. The van der Waals surface area contributed by atoms with Gasteiger partial charge in [0.25, 0.3) is 0 Å². The highest BCUT2D eigenvalue weighted by atomic mass is 19.4. The predicted molar refractivity (Wildman–Crippen MR) is 66.0 cm³/mol. The first kappa shape index (κ1) is 14.5. The van der Waals surface area contributed by atoms with Crippen molar-refractivity contribution in [3.8, 4) is 5.75 Å². The van der Waals surface area contributed by atoms with Gasteiger partial charge in [-0.15, -0.1) is 0 Å². The van der Waals surface area contributed by atoms with Gasteiger partial charge >= 0.3 is 6.18 Å². The molecular weight excluding hydrogens is 245 g/mol. The minimum atomic E-state index is -4.26. The summed E-state index contributed by atoms with van der Waals surface area (Å²) in [5.41, 5.74) is 6.40. The average Bonchev–Trinajstić information content (AvgIpc) is 2.27. The highest BCUT2D eigenvalue weighted by Crippen LogP contribution is 2.33. The van der Waals surface area contributed by atoms with Crippen LogP contribution in [0.4, 0.5) is 24.5 Å². The number of methoxy groups -OCH3 is 1. The Morgan fingerprint density at radius 3 is 2.50 bits per heavy atom. The van der Waals surface area contributed by atoms with E-state index in [0.717, 1.165) is 0 Å². The summed E-state index contributed by atoms with van der Waals surface area (Å²) in [6, 6.07) is 4.82. The molecule has 1 rings (SSSR count). The first-order valence-electron chi connectivity index (χ1n) is 5.63. The molecule has 0 unspecified atom stereocenters. The Morgan fingerprint density at radius 2 is 2.00 bits per heavy atom. The van der Waals surface area contributed by atoms with Gasteiger partial charge in [-0.05, 0) is 18.6 Å². The summed E-state index contributed by atoms with van der Waals surface area (Å²) >= 11 is 0. The Hall–Kier alpha value is -1.59. The van der Waals surface area contributed by atoms with Crippen LogP contribution in [0.15, 0.2) is 18.2 Å². The van der Waals surface area contributed by atoms with Gasteiger partial charge in [-0.3, -0.25) is 0 Å². The number of para-hydroxylation sites is 1. The van der Waals surface area contributed by atoms with Crippen LogP contribution in [0.25, 0.3) is 0 Å². The van der Waals surface area contributed by atoms with Crippen LogP contribution in [0, 0.1) is 0 Å². The molecule has 0 amide bonds. The quantitative estimate of drug-likeness (QED) is 0.829. The highest BCUT2D eigenvalue weighted by molar-refractivity contribution is 5.74. The minimum absolute atomic E-state index is 0.234. The second-order valence-electron chi connectivity index (χ2n) is 3.93. The van der Waals surface area contributed by atoms with Gasteiger partial charge in [0.05, 0.1) is 18.5 Å². The van der Waals surface area contributed by atoms with Crippen LogP contribution in [0.1, 0.15) is 13.3 Å². The first-order chi connectivity index (χ1) is 8.39. The fourth-order valence-electron chi connectivity index (χ4n) is 1.76. The van der Waals surface area contributed by atoms with E-state index in [0.29, 0.717) is 17.9 Å². The highest BCUT2D eigenvalue weighted by Gasteiger charge is 2.31. The molecule has 1 aromatic rings. The van der Waals surface area contributed by atoms with E-state index in [2.05, 4.69) is 0 Å². The van der Waals surface area contributed by atoms with Crippen molar-refractivity contribution >= 4 is 11.4 Å². The smallest absolute Gasteiger partial charge is 0.405 e. The van der Waals surface area contributed by atoms with Crippen LogP contribution in [-0.4, -0.2) is 26.4 Å². The van der Waals surface area contributed by atoms with E-state index < -0.39 is 12.7 Å². The van der Waals surface area contributed by atoms with Gasteiger partial charge in [0.1, 0.15) is 12.3 Å². The van der Waals surface area contributed by atoms with E-state index >= 15 is 0 Å². The van der Waals surface area contributed by atoms with E-state index in [4.69, 9.17) is 10.5 Å². The summed E-state index contributed by atoms with van der Waals surface area (Å²) in [5.74, 6) is 0.385.